The molecule has 0 amide bonds. The first-order chi connectivity index (χ1) is 11.3. The molecule has 5 nitrogen and oxygen atoms in total. The number of nitro benzene ring substituents is 1. The molecule has 124 valence electrons. The molecule has 0 saturated heterocycles. The molecule has 0 aliphatic heterocycles. The van der Waals surface area contributed by atoms with Crippen LogP contribution in [-0.2, 0) is 0 Å². The fourth-order valence-electron chi connectivity index (χ4n) is 2.12. The molecule has 2 rings (SSSR count). The average molecular weight is 349 g/mol. The van der Waals surface area contributed by atoms with Crippen LogP contribution in [0, 0.1) is 15.9 Å². The SMILES string of the molecule is CN(C)c1ccc(/C=C/C(=O)c2ccc(F)cc2Cl)cc1[N+](=O)[O-]. The lowest BCUT2D eigenvalue weighted by Crippen LogP contribution is -2.11. The zero-order chi connectivity index (χ0) is 17.9. The number of nitrogens with zero attached hydrogens (tertiary/aromatic N) is 2. The van der Waals surface area contributed by atoms with Crippen molar-refractivity contribution < 1.29 is 14.1 Å². The molecular formula is C17H14ClFN2O3. The largest absolute Gasteiger partial charge is 0.372 e. The molecule has 7 heteroatoms. The lowest BCUT2D eigenvalue weighted by Gasteiger charge is -2.12. The van der Waals surface area contributed by atoms with E-state index in [1.54, 1.807) is 31.1 Å². The first-order valence-electron chi connectivity index (χ1n) is 6.93. The van der Waals surface area contributed by atoms with Gasteiger partial charge in [-0.2, -0.15) is 0 Å². The fourth-order valence-corrected chi connectivity index (χ4v) is 2.38. The third-order valence-electron chi connectivity index (χ3n) is 3.30. The summed E-state index contributed by atoms with van der Waals surface area (Å²) in [6, 6.07) is 8.14. The van der Waals surface area contributed by atoms with Gasteiger partial charge in [0.25, 0.3) is 5.69 Å². The maximum Gasteiger partial charge on any atom is 0.293 e. The molecule has 0 radical (unpaired) electrons. The summed E-state index contributed by atoms with van der Waals surface area (Å²) in [5, 5.41) is 11.2. The average Bonchev–Trinajstić information content (AvgIpc) is 2.52. The van der Waals surface area contributed by atoms with Crippen molar-refractivity contribution in [3.8, 4) is 0 Å². The number of carbonyl (C=O) groups excluding carboxylic acids is 1. The molecule has 0 aliphatic carbocycles. The van der Waals surface area contributed by atoms with E-state index in [0.717, 1.165) is 12.1 Å². The summed E-state index contributed by atoms with van der Waals surface area (Å²) in [5.41, 5.74) is 1.06. The highest BCUT2D eigenvalue weighted by Gasteiger charge is 2.15. The minimum atomic E-state index is -0.532. The van der Waals surface area contributed by atoms with E-state index < -0.39 is 16.5 Å². The van der Waals surface area contributed by atoms with Crippen LogP contribution < -0.4 is 4.90 Å². The van der Waals surface area contributed by atoms with E-state index in [1.165, 1.54) is 24.3 Å². The third-order valence-corrected chi connectivity index (χ3v) is 3.61. The second kappa shape index (κ2) is 7.23. The first kappa shape index (κ1) is 17.6. The molecule has 0 fully saturated rings. The van der Waals surface area contributed by atoms with Crippen LogP contribution >= 0.6 is 11.6 Å². The van der Waals surface area contributed by atoms with E-state index in [-0.39, 0.29) is 16.3 Å². The second-order valence-electron chi connectivity index (χ2n) is 5.22. The Kier molecular flexibility index (Phi) is 5.31. The maximum atomic E-state index is 13.0. The number of halogens is 2. The Labute approximate surface area is 143 Å². The number of ketones is 1. The lowest BCUT2D eigenvalue weighted by atomic mass is 10.1. The van der Waals surface area contributed by atoms with E-state index in [1.807, 2.05) is 0 Å². The molecule has 0 bridgehead atoms. The molecule has 2 aromatic rings. The Bertz CT molecular complexity index is 835. The number of hydrogen-bond acceptors (Lipinski definition) is 4. The van der Waals surface area contributed by atoms with E-state index in [9.17, 15) is 19.3 Å². The minimum absolute atomic E-state index is 0.0126. The monoisotopic (exact) mass is 348 g/mol. The standard InChI is InChI=1S/C17H14ClFN2O3/c1-20(2)15-7-3-11(9-16(15)21(23)24)4-8-17(22)13-6-5-12(19)10-14(13)18/h3-10H,1-2H3/b8-4+. The minimum Gasteiger partial charge on any atom is -0.372 e. The molecule has 0 unspecified atom stereocenters. The highest BCUT2D eigenvalue weighted by molar-refractivity contribution is 6.34. The van der Waals surface area contributed by atoms with E-state index in [4.69, 9.17) is 11.6 Å². The molecule has 24 heavy (non-hydrogen) atoms. The van der Waals surface area contributed by atoms with Crippen LogP contribution in [0.5, 0.6) is 0 Å². The van der Waals surface area contributed by atoms with Gasteiger partial charge >= 0.3 is 0 Å². The van der Waals surface area contributed by atoms with Gasteiger partial charge in [-0.05, 0) is 35.9 Å². The number of hydrogen-bond donors (Lipinski definition) is 0. The summed E-state index contributed by atoms with van der Waals surface area (Å²) in [7, 11) is 3.41. The quantitative estimate of drug-likeness (QED) is 0.349. The van der Waals surface area contributed by atoms with Crippen molar-refractivity contribution in [3.05, 3.63) is 74.6 Å². The van der Waals surface area contributed by atoms with E-state index in [0.29, 0.717) is 11.3 Å². The summed E-state index contributed by atoms with van der Waals surface area (Å²) >= 11 is 5.84. The fraction of sp³-hybridized carbons (Fsp3) is 0.118. The third kappa shape index (κ3) is 3.97. The number of nitro groups is 1. The zero-order valence-corrected chi connectivity index (χ0v) is 13.7. The molecule has 0 aliphatic rings. The van der Waals surface area contributed by atoms with Crippen molar-refractivity contribution in [2.24, 2.45) is 0 Å². The molecule has 0 heterocycles. The highest BCUT2D eigenvalue weighted by atomic mass is 35.5. The predicted octanol–water partition coefficient (Wildman–Crippen LogP) is 4.35. The van der Waals surface area contributed by atoms with Gasteiger partial charge in [0.15, 0.2) is 5.78 Å². The van der Waals surface area contributed by atoms with Gasteiger partial charge in [0.2, 0.25) is 0 Å². The van der Waals surface area contributed by atoms with Crippen LogP contribution in [0.4, 0.5) is 15.8 Å². The second-order valence-corrected chi connectivity index (χ2v) is 5.63. The topological polar surface area (TPSA) is 63.5 Å². The van der Waals surface area contributed by atoms with Gasteiger partial charge < -0.3 is 4.90 Å². The Morgan fingerprint density at radius 2 is 1.96 bits per heavy atom. The lowest BCUT2D eigenvalue weighted by molar-refractivity contribution is -0.384. The Hall–Kier alpha value is -2.73. The molecule has 0 spiro atoms. The smallest absolute Gasteiger partial charge is 0.293 e. The number of rotatable bonds is 5. The number of anilines is 1. The summed E-state index contributed by atoms with van der Waals surface area (Å²) in [4.78, 5) is 24.4. The Morgan fingerprint density at radius 1 is 1.25 bits per heavy atom. The molecule has 2 aromatic carbocycles. The summed E-state index contributed by atoms with van der Waals surface area (Å²) in [6.07, 6.45) is 2.70. The van der Waals surface area contributed by atoms with Gasteiger partial charge in [-0.3, -0.25) is 14.9 Å². The van der Waals surface area contributed by atoms with Crippen LogP contribution in [0.15, 0.2) is 42.5 Å². The van der Waals surface area contributed by atoms with Crippen molar-refractivity contribution in [3.63, 3.8) is 0 Å². The zero-order valence-electron chi connectivity index (χ0n) is 13.0. The molecule has 0 aromatic heterocycles. The Balaban J connectivity index is 2.30. The number of benzene rings is 2. The van der Waals surface area contributed by atoms with Crippen LogP contribution in [0.25, 0.3) is 6.08 Å². The van der Waals surface area contributed by atoms with Crippen LogP contribution in [0.3, 0.4) is 0 Å². The normalized spacial score (nSPS) is 10.8. The Morgan fingerprint density at radius 3 is 2.54 bits per heavy atom. The number of allylic oxidation sites excluding steroid dienone is 1. The van der Waals surface area contributed by atoms with Crippen molar-refractivity contribution in [1.29, 1.82) is 0 Å². The molecule has 0 N–H and O–H groups in total. The van der Waals surface area contributed by atoms with Gasteiger partial charge in [-0.25, -0.2) is 4.39 Å². The van der Waals surface area contributed by atoms with Gasteiger partial charge in [-0.1, -0.05) is 23.7 Å². The molecular weight excluding hydrogens is 335 g/mol. The van der Waals surface area contributed by atoms with E-state index in [2.05, 4.69) is 0 Å². The maximum absolute atomic E-state index is 13.0. The number of carbonyl (C=O) groups is 1. The van der Waals surface area contributed by atoms with Gasteiger partial charge in [0.1, 0.15) is 11.5 Å². The van der Waals surface area contributed by atoms with Crippen molar-refractivity contribution >= 4 is 34.8 Å². The predicted molar refractivity (Wildman–Crippen MR) is 92.2 cm³/mol. The summed E-state index contributed by atoms with van der Waals surface area (Å²) < 4.78 is 13.0. The molecule has 0 atom stereocenters. The summed E-state index contributed by atoms with van der Waals surface area (Å²) in [5.74, 6) is -0.949. The first-order valence-corrected chi connectivity index (χ1v) is 7.30. The van der Waals surface area contributed by atoms with Gasteiger partial charge in [0.05, 0.1) is 9.95 Å². The highest BCUT2D eigenvalue weighted by Crippen LogP contribution is 2.28. The van der Waals surface area contributed by atoms with Crippen molar-refractivity contribution in [1.82, 2.24) is 0 Å². The van der Waals surface area contributed by atoms with Gasteiger partial charge in [0, 0.05) is 25.7 Å². The van der Waals surface area contributed by atoms with Crippen molar-refractivity contribution in [2.45, 2.75) is 0 Å². The van der Waals surface area contributed by atoms with Gasteiger partial charge in [-0.15, -0.1) is 0 Å². The summed E-state index contributed by atoms with van der Waals surface area (Å²) in [6.45, 7) is 0. The van der Waals surface area contributed by atoms with Crippen LogP contribution in [0.2, 0.25) is 5.02 Å². The van der Waals surface area contributed by atoms with Crippen LogP contribution in [-0.4, -0.2) is 24.8 Å². The van der Waals surface area contributed by atoms with Crippen LogP contribution in [0.1, 0.15) is 15.9 Å². The molecule has 0 saturated carbocycles. The van der Waals surface area contributed by atoms with E-state index >= 15 is 0 Å². The van der Waals surface area contributed by atoms with Crippen molar-refractivity contribution in [2.75, 3.05) is 19.0 Å².